The summed E-state index contributed by atoms with van der Waals surface area (Å²) in [5.41, 5.74) is -0.559. The van der Waals surface area contributed by atoms with E-state index in [9.17, 15) is 9.59 Å². The molecule has 6 nitrogen and oxygen atoms in total. The second kappa shape index (κ2) is 9.53. The van der Waals surface area contributed by atoms with E-state index in [1.54, 1.807) is 12.1 Å². The third-order valence-electron chi connectivity index (χ3n) is 5.06. The average molecular weight is 397 g/mol. The van der Waals surface area contributed by atoms with Gasteiger partial charge in [-0.3, -0.25) is 9.59 Å². The topological polar surface area (TPSA) is 92.0 Å². The minimum Gasteiger partial charge on any atom is -0.383 e. The Morgan fingerprint density at radius 2 is 1.19 bits per heavy atom. The van der Waals surface area contributed by atoms with E-state index < -0.39 is 0 Å². The predicted octanol–water partition coefficient (Wildman–Crippen LogP) is 4.58. The lowest BCUT2D eigenvalue weighted by molar-refractivity contribution is 0.298. The van der Waals surface area contributed by atoms with Crippen LogP contribution in [0, 0.1) is 0 Å². The van der Waals surface area contributed by atoms with Crippen LogP contribution in [0.2, 0.25) is 0 Å². The molecule has 152 valence electrons. The number of thioether (sulfide) groups is 1. The third-order valence-corrected chi connectivity index (χ3v) is 6.22. The van der Waals surface area contributed by atoms with Crippen molar-refractivity contribution in [3.05, 3.63) is 44.4 Å². The van der Waals surface area contributed by atoms with E-state index in [2.05, 4.69) is 38.0 Å². The normalized spacial score (nSPS) is 12.6. The van der Waals surface area contributed by atoms with Crippen LogP contribution in [0.5, 0.6) is 0 Å². The highest BCUT2D eigenvalue weighted by molar-refractivity contribution is 7.99. The van der Waals surface area contributed by atoms with Gasteiger partial charge in [-0.25, -0.2) is 0 Å². The molecule has 0 aliphatic carbocycles. The van der Waals surface area contributed by atoms with Crippen LogP contribution in [0.3, 0.4) is 0 Å². The molecule has 7 heteroatoms. The molecule has 2 rings (SSSR count). The Balaban J connectivity index is 1.53. The molecule has 2 N–H and O–H groups in total. The van der Waals surface area contributed by atoms with Crippen molar-refractivity contribution in [3.63, 3.8) is 0 Å². The summed E-state index contributed by atoms with van der Waals surface area (Å²) in [5, 5.41) is 4.74. The Labute approximate surface area is 164 Å². The van der Waals surface area contributed by atoms with Gasteiger partial charge in [0.1, 0.15) is 11.5 Å². The second-order valence-electron chi connectivity index (χ2n) is 8.45. The van der Waals surface area contributed by atoms with E-state index in [1.807, 2.05) is 11.8 Å². The number of hydrogen-bond donors (Lipinski definition) is 2. The number of aromatic nitrogens is 2. The van der Waals surface area contributed by atoms with E-state index in [4.69, 9.17) is 9.05 Å². The van der Waals surface area contributed by atoms with Gasteiger partial charge < -0.3 is 9.05 Å². The highest BCUT2D eigenvalue weighted by Gasteiger charge is 2.25. The quantitative estimate of drug-likeness (QED) is 0.512. The summed E-state index contributed by atoms with van der Waals surface area (Å²) in [5.74, 6) is 3.79. The van der Waals surface area contributed by atoms with Crippen molar-refractivity contribution < 1.29 is 9.05 Å². The largest absolute Gasteiger partial charge is 0.383 e. The molecule has 0 saturated carbocycles. The average Bonchev–Trinajstić information content (AvgIpc) is 3.22. The molecular weight excluding hydrogens is 364 g/mol. The van der Waals surface area contributed by atoms with Crippen LogP contribution in [-0.4, -0.2) is 21.8 Å². The minimum absolute atomic E-state index is 0.108. The molecule has 27 heavy (non-hydrogen) atoms. The monoisotopic (exact) mass is 396 g/mol. The van der Waals surface area contributed by atoms with Gasteiger partial charge in [0.2, 0.25) is 0 Å². The number of rotatable bonds is 12. The van der Waals surface area contributed by atoms with E-state index in [1.165, 1.54) is 12.8 Å². The van der Waals surface area contributed by atoms with Gasteiger partial charge in [0, 0.05) is 23.0 Å². The number of nitrogens with one attached hydrogen (secondary N) is 2. The lowest BCUT2D eigenvalue weighted by atomic mass is 9.85. The van der Waals surface area contributed by atoms with Crippen molar-refractivity contribution in [2.75, 3.05) is 11.5 Å². The van der Waals surface area contributed by atoms with Gasteiger partial charge in [0.25, 0.3) is 11.1 Å². The maximum absolute atomic E-state index is 11.2. The maximum atomic E-state index is 11.2. The minimum atomic E-state index is -0.171. The Bertz CT molecular complexity index is 731. The first-order valence-electron chi connectivity index (χ1n) is 9.66. The van der Waals surface area contributed by atoms with Gasteiger partial charge in [0.15, 0.2) is 0 Å². The molecule has 0 saturated heterocycles. The lowest BCUT2D eigenvalue weighted by Crippen LogP contribution is -2.16. The van der Waals surface area contributed by atoms with Gasteiger partial charge in [0.05, 0.1) is 0 Å². The van der Waals surface area contributed by atoms with Gasteiger partial charge >= 0.3 is 0 Å². The molecule has 2 aromatic rings. The summed E-state index contributed by atoms with van der Waals surface area (Å²) < 4.78 is 10.5. The zero-order valence-electron chi connectivity index (χ0n) is 16.9. The summed E-state index contributed by atoms with van der Waals surface area (Å²) in [6.07, 6.45) is 6.59. The lowest BCUT2D eigenvalue weighted by Gasteiger charge is -2.21. The first-order valence-corrected chi connectivity index (χ1v) is 10.8. The van der Waals surface area contributed by atoms with E-state index in [0.717, 1.165) is 48.7 Å². The van der Waals surface area contributed by atoms with Crippen molar-refractivity contribution in [3.8, 4) is 0 Å². The second-order valence-corrected chi connectivity index (χ2v) is 9.67. The summed E-state index contributed by atoms with van der Waals surface area (Å²) in [6, 6.07) is 3.10. The van der Waals surface area contributed by atoms with Gasteiger partial charge in [-0.05, 0) is 37.2 Å². The van der Waals surface area contributed by atoms with Crippen LogP contribution in [0.4, 0.5) is 0 Å². The fourth-order valence-electron chi connectivity index (χ4n) is 3.12. The molecule has 0 amide bonds. The van der Waals surface area contributed by atoms with Gasteiger partial charge in [-0.1, -0.05) is 40.5 Å². The zero-order chi connectivity index (χ0) is 19.9. The summed E-state index contributed by atoms with van der Waals surface area (Å²) >= 11 is 2.00. The highest BCUT2D eigenvalue weighted by Crippen LogP contribution is 2.29. The summed E-state index contributed by atoms with van der Waals surface area (Å²) in [7, 11) is 0. The summed E-state index contributed by atoms with van der Waals surface area (Å²) in [6.45, 7) is 8.45. The van der Waals surface area contributed by atoms with Crippen LogP contribution in [0.25, 0.3) is 0 Å². The third kappa shape index (κ3) is 6.79. The van der Waals surface area contributed by atoms with Crippen molar-refractivity contribution in [1.29, 1.82) is 0 Å². The smallest absolute Gasteiger partial charge is 0.280 e. The van der Waals surface area contributed by atoms with Gasteiger partial charge in [-0.2, -0.15) is 22.1 Å². The summed E-state index contributed by atoms with van der Waals surface area (Å²) in [4.78, 5) is 22.4. The van der Waals surface area contributed by atoms with E-state index in [0.29, 0.717) is 0 Å². The van der Waals surface area contributed by atoms with E-state index in [-0.39, 0.29) is 21.9 Å². The van der Waals surface area contributed by atoms with Crippen LogP contribution < -0.4 is 11.1 Å². The van der Waals surface area contributed by atoms with Crippen LogP contribution >= 0.6 is 11.8 Å². The standard InChI is InChI=1S/C20H32N2O4S/c1-19(2,15-13-17(23)21-25-15)9-5-7-11-27-12-8-6-10-20(3,4)16-14-18(24)22-26-16/h13-14H,5-12H2,1-4H3,(H,21,23)(H,22,24). The molecular formula is C20H32N2O4S. The number of H-pyrrole nitrogens is 2. The Hall–Kier alpha value is -1.63. The molecule has 2 aromatic heterocycles. The number of aromatic amines is 2. The Morgan fingerprint density at radius 3 is 1.52 bits per heavy atom. The van der Waals surface area contributed by atoms with Crippen molar-refractivity contribution >= 4 is 11.8 Å². The van der Waals surface area contributed by atoms with Crippen molar-refractivity contribution in [2.24, 2.45) is 0 Å². The molecule has 0 unspecified atom stereocenters. The Morgan fingerprint density at radius 1 is 0.778 bits per heavy atom. The maximum Gasteiger partial charge on any atom is 0.280 e. The molecule has 0 fully saturated rings. The molecule has 0 spiro atoms. The molecule has 2 heterocycles. The fourth-order valence-corrected chi connectivity index (χ4v) is 4.14. The van der Waals surface area contributed by atoms with Crippen LogP contribution in [0.15, 0.2) is 30.8 Å². The number of hydrogen-bond acceptors (Lipinski definition) is 5. The molecule has 0 radical (unpaired) electrons. The first kappa shape index (κ1) is 21.7. The SMILES string of the molecule is CC(C)(CCCCSCCCCC(C)(C)c1cc(=O)[nH]o1)c1cc(=O)[nH]o1. The fraction of sp³-hybridized carbons (Fsp3) is 0.700. The highest BCUT2D eigenvalue weighted by atomic mass is 32.2. The first-order chi connectivity index (χ1) is 12.7. The van der Waals surface area contributed by atoms with Crippen LogP contribution in [-0.2, 0) is 10.8 Å². The molecule has 0 aliphatic rings. The molecule has 0 bridgehead atoms. The van der Waals surface area contributed by atoms with Crippen LogP contribution in [0.1, 0.15) is 77.7 Å². The molecule has 0 atom stereocenters. The Kier molecular flexibility index (Phi) is 7.65. The van der Waals surface area contributed by atoms with Crippen molar-refractivity contribution in [1.82, 2.24) is 10.3 Å². The molecule has 0 aliphatic heterocycles. The van der Waals surface area contributed by atoms with E-state index >= 15 is 0 Å². The van der Waals surface area contributed by atoms with Crippen molar-refractivity contribution in [2.45, 2.75) is 77.0 Å². The van der Waals surface area contributed by atoms with Gasteiger partial charge in [-0.15, -0.1) is 0 Å². The molecule has 0 aromatic carbocycles. The zero-order valence-corrected chi connectivity index (χ0v) is 17.7. The number of unbranched alkanes of at least 4 members (excludes halogenated alkanes) is 2. The predicted molar refractivity (Wildman–Crippen MR) is 110 cm³/mol.